The molecule has 0 aromatic carbocycles. The first kappa shape index (κ1) is 29.4. The third kappa shape index (κ3) is 3.50. The van der Waals surface area contributed by atoms with Crippen molar-refractivity contribution >= 4 is 11.9 Å². The predicted octanol–water partition coefficient (Wildman–Crippen LogP) is 7.06. The molecule has 2 saturated heterocycles. The number of carbonyl (C=O) groups is 2. The van der Waals surface area contributed by atoms with Crippen molar-refractivity contribution in [2.45, 2.75) is 125 Å². The highest BCUT2D eigenvalue weighted by atomic mass is 16.6. The summed E-state index contributed by atoms with van der Waals surface area (Å²) < 4.78 is 12.5. The van der Waals surface area contributed by atoms with Gasteiger partial charge in [0.25, 0.3) is 0 Å². The second kappa shape index (κ2) is 8.71. The Kier molecular flexibility index (Phi) is 6.25. The molecule has 6 fully saturated rings. The Morgan fingerprint density at radius 3 is 2.32 bits per heavy atom. The van der Waals surface area contributed by atoms with Crippen molar-refractivity contribution in [1.82, 2.24) is 0 Å². The van der Waals surface area contributed by atoms with Gasteiger partial charge < -0.3 is 19.7 Å². The normalized spacial score (nSPS) is 49.5. The Hall–Kier alpha value is -1.66. The number of hydrogen-bond acceptors (Lipinski definition) is 5. The number of rotatable bonds is 3. The molecule has 2 N–H and O–H groups in total. The molecule has 0 radical (unpaired) electrons. The van der Waals surface area contributed by atoms with Crippen LogP contribution in [0.1, 0.15) is 113 Å². The summed E-state index contributed by atoms with van der Waals surface area (Å²) in [5.74, 6) is -1.60. The summed E-state index contributed by atoms with van der Waals surface area (Å²) in [6, 6.07) is 0. The number of carbonyl (C=O) groups excluding carboxylic acids is 1. The van der Waals surface area contributed by atoms with Crippen LogP contribution < -0.4 is 0 Å². The Morgan fingerprint density at radius 2 is 1.71 bits per heavy atom. The first-order valence-electron chi connectivity index (χ1n) is 16.1. The van der Waals surface area contributed by atoms with E-state index in [-0.39, 0.29) is 33.0 Å². The van der Waals surface area contributed by atoms with Gasteiger partial charge in [-0.25, -0.2) is 4.79 Å². The number of allylic oxidation sites excluding steroid dienone is 3. The van der Waals surface area contributed by atoms with E-state index in [0.29, 0.717) is 43.3 Å². The summed E-state index contributed by atoms with van der Waals surface area (Å²) in [6.45, 7) is 17.9. The number of aliphatic carboxylic acids is 1. The van der Waals surface area contributed by atoms with E-state index in [0.717, 1.165) is 38.5 Å². The Balaban J connectivity index is 1.44. The summed E-state index contributed by atoms with van der Waals surface area (Å²) >= 11 is 0. The molecule has 0 amide bonds. The van der Waals surface area contributed by atoms with Crippen molar-refractivity contribution < 1.29 is 29.3 Å². The zero-order valence-corrected chi connectivity index (χ0v) is 26.6. The smallest absolute Gasteiger partial charge is 0.333 e. The fourth-order valence-electron chi connectivity index (χ4n) is 11.7. The number of aliphatic hydroxyl groups is 1. The predicted molar refractivity (Wildman–Crippen MR) is 157 cm³/mol. The van der Waals surface area contributed by atoms with Gasteiger partial charge in [-0.15, -0.1) is 0 Å². The second-order valence-corrected chi connectivity index (χ2v) is 16.7. The molecule has 7 rings (SSSR count). The molecule has 9 atom stereocenters. The maximum Gasteiger partial charge on any atom is 0.333 e. The minimum absolute atomic E-state index is 0.000216. The van der Waals surface area contributed by atoms with E-state index in [4.69, 9.17) is 9.47 Å². The standard InChI is InChI=1S/C35H52O6/c1-9-21(2)27(36)41-26-19-29(3,4)18-23-22-10-11-25-32(8,31(22,7)14-16-34(23,26)28(37)38)13-12-24-30(5,6)35(39)17-15-33(24,25)20-40-35/h9-10,23-26,39H,11-20H2,1-8H3,(H,37,38)/b21-9-/t23?,24-,25-,26+,31+,32+,33+,34-,35+/m0/s1. The lowest BCUT2D eigenvalue weighted by molar-refractivity contribution is -0.395. The summed E-state index contributed by atoms with van der Waals surface area (Å²) in [4.78, 5) is 26.4. The lowest BCUT2D eigenvalue weighted by atomic mass is 9.32. The molecule has 0 aromatic heterocycles. The van der Waals surface area contributed by atoms with E-state index in [2.05, 4.69) is 47.6 Å². The molecular formula is C35H52O6. The average Bonchev–Trinajstić information content (AvgIpc) is 2.88. The zero-order chi connectivity index (χ0) is 30.0. The molecule has 1 unspecified atom stereocenters. The first-order valence-corrected chi connectivity index (χ1v) is 16.1. The third-order valence-corrected chi connectivity index (χ3v) is 14.5. The molecule has 4 saturated carbocycles. The van der Waals surface area contributed by atoms with Gasteiger partial charge in [-0.2, -0.15) is 0 Å². The second-order valence-electron chi connectivity index (χ2n) is 16.7. The van der Waals surface area contributed by atoms with Gasteiger partial charge in [-0.3, -0.25) is 4.79 Å². The van der Waals surface area contributed by atoms with Crippen LogP contribution >= 0.6 is 0 Å². The fourth-order valence-corrected chi connectivity index (χ4v) is 11.7. The largest absolute Gasteiger partial charge is 0.481 e. The van der Waals surface area contributed by atoms with Crippen LogP contribution in [-0.2, 0) is 19.1 Å². The minimum atomic E-state index is -1.11. The third-order valence-electron chi connectivity index (χ3n) is 14.5. The van der Waals surface area contributed by atoms with Crippen LogP contribution in [0.15, 0.2) is 23.3 Å². The van der Waals surface area contributed by atoms with E-state index in [9.17, 15) is 19.8 Å². The van der Waals surface area contributed by atoms with Crippen molar-refractivity contribution in [3.05, 3.63) is 23.3 Å². The van der Waals surface area contributed by atoms with Gasteiger partial charge in [0.15, 0.2) is 5.79 Å². The molecule has 6 heteroatoms. The lowest BCUT2D eigenvalue weighted by Gasteiger charge is -2.74. The number of esters is 1. The highest BCUT2D eigenvalue weighted by molar-refractivity contribution is 5.88. The molecule has 1 spiro atoms. The molecule has 228 valence electrons. The monoisotopic (exact) mass is 568 g/mol. The number of fused-ring (bicyclic) bond motifs is 7. The average molecular weight is 569 g/mol. The van der Waals surface area contributed by atoms with E-state index in [1.54, 1.807) is 13.0 Å². The summed E-state index contributed by atoms with van der Waals surface area (Å²) in [5, 5.41) is 22.4. The van der Waals surface area contributed by atoms with Crippen LogP contribution in [0.2, 0.25) is 0 Å². The summed E-state index contributed by atoms with van der Waals surface area (Å²) in [5.41, 5.74) is 0.153. The molecule has 5 aliphatic carbocycles. The molecule has 2 aliphatic heterocycles. The van der Waals surface area contributed by atoms with Crippen LogP contribution in [-0.4, -0.2) is 40.6 Å². The van der Waals surface area contributed by atoms with Crippen molar-refractivity contribution in [3.8, 4) is 0 Å². The van der Waals surface area contributed by atoms with Gasteiger partial charge in [0.2, 0.25) is 0 Å². The molecule has 7 aliphatic rings. The summed E-state index contributed by atoms with van der Waals surface area (Å²) in [6.07, 6.45) is 10.9. The van der Waals surface area contributed by atoms with Crippen LogP contribution in [0.25, 0.3) is 0 Å². The number of hydrogen-bond donors (Lipinski definition) is 2. The highest BCUT2D eigenvalue weighted by Crippen LogP contribution is 2.78. The van der Waals surface area contributed by atoms with Gasteiger partial charge in [0.05, 0.1) is 6.61 Å². The number of carboxylic acids is 1. The van der Waals surface area contributed by atoms with Gasteiger partial charge in [0.1, 0.15) is 11.5 Å². The lowest BCUT2D eigenvalue weighted by Crippen LogP contribution is -2.73. The van der Waals surface area contributed by atoms with Crippen LogP contribution in [0, 0.1) is 50.2 Å². The number of carboxylic acid groups (broad SMARTS) is 1. The van der Waals surface area contributed by atoms with Crippen molar-refractivity contribution in [3.63, 3.8) is 0 Å². The molecular weight excluding hydrogens is 516 g/mol. The summed E-state index contributed by atoms with van der Waals surface area (Å²) in [7, 11) is 0. The van der Waals surface area contributed by atoms with Crippen LogP contribution in [0.5, 0.6) is 0 Å². The quantitative estimate of drug-likeness (QED) is 0.215. The van der Waals surface area contributed by atoms with Gasteiger partial charge in [0, 0.05) is 28.7 Å². The number of ether oxygens (including phenoxy) is 2. The van der Waals surface area contributed by atoms with Crippen molar-refractivity contribution in [2.75, 3.05) is 6.61 Å². The van der Waals surface area contributed by atoms with E-state index in [1.165, 1.54) is 5.57 Å². The Labute approximate surface area is 246 Å². The molecule has 6 nitrogen and oxygen atoms in total. The van der Waals surface area contributed by atoms with E-state index in [1.807, 2.05) is 6.92 Å². The minimum Gasteiger partial charge on any atom is -0.481 e. The maximum absolute atomic E-state index is 13.4. The SMILES string of the molecule is C/C=C(/C)C(=O)O[C@@H]1CC(C)(C)CC2C3=CC[C@@H]4[C@]56CC[C@@](O)(OC5)C(C)(C)[C@@H]6CC[C@@]4(C)[C@]3(C)CC[C@]21C(=O)O. The van der Waals surface area contributed by atoms with Crippen LogP contribution in [0.4, 0.5) is 0 Å². The fraction of sp³-hybridized carbons (Fsp3) is 0.829. The van der Waals surface area contributed by atoms with E-state index >= 15 is 0 Å². The van der Waals surface area contributed by atoms with Crippen molar-refractivity contribution in [1.29, 1.82) is 0 Å². The highest BCUT2D eigenvalue weighted by Gasteiger charge is 2.75. The van der Waals surface area contributed by atoms with Gasteiger partial charge in [-0.05, 0) is 93.3 Å². The van der Waals surface area contributed by atoms with Crippen LogP contribution in [0.3, 0.4) is 0 Å². The molecule has 2 heterocycles. The molecule has 0 aromatic rings. The Bertz CT molecular complexity index is 1220. The maximum atomic E-state index is 13.4. The Morgan fingerprint density at radius 1 is 1.00 bits per heavy atom. The van der Waals surface area contributed by atoms with Crippen molar-refractivity contribution in [2.24, 2.45) is 50.2 Å². The van der Waals surface area contributed by atoms with Gasteiger partial charge >= 0.3 is 11.9 Å². The zero-order valence-electron chi connectivity index (χ0n) is 26.6. The topological polar surface area (TPSA) is 93.1 Å². The first-order chi connectivity index (χ1) is 18.9. The molecule has 2 bridgehead atoms. The van der Waals surface area contributed by atoms with E-state index < -0.39 is 29.2 Å². The van der Waals surface area contributed by atoms with Gasteiger partial charge in [-0.1, -0.05) is 59.3 Å². The molecule has 41 heavy (non-hydrogen) atoms.